The van der Waals surface area contributed by atoms with Gasteiger partial charge in [-0.2, -0.15) is 0 Å². The lowest BCUT2D eigenvalue weighted by molar-refractivity contribution is -0.200. The minimum atomic E-state index is -1.26. The molecule has 2 aromatic rings. The van der Waals surface area contributed by atoms with E-state index in [1.807, 2.05) is 43.2 Å². The third-order valence-electron chi connectivity index (χ3n) is 8.93. The molecule has 2 aliphatic rings. The minimum Gasteiger partial charge on any atom is -0.387 e. The van der Waals surface area contributed by atoms with Crippen molar-refractivity contribution in [1.82, 2.24) is 15.1 Å². The van der Waals surface area contributed by atoms with Crippen molar-refractivity contribution in [3.63, 3.8) is 0 Å². The van der Waals surface area contributed by atoms with Crippen molar-refractivity contribution in [2.75, 3.05) is 52.6 Å². The molecule has 0 bridgehead atoms. The third kappa shape index (κ3) is 8.81. The van der Waals surface area contributed by atoms with Crippen molar-refractivity contribution < 1.29 is 24.9 Å². The van der Waals surface area contributed by atoms with E-state index >= 15 is 0 Å². The van der Waals surface area contributed by atoms with Crippen LogP contribution in [0.25, 0.3) is 0 Å². The Bertz CT molecular complexity index is 1180. The fourth-order valence-corrected chi connectivity index (χ4v) is 6.58. The molecule has 0 radical (unpaired) electrons. The summed E-state index contributed by atoms with van der Waals surface area (Å²) >= 11 is 1.32. The summed E-state index contributed by atoms with van der Waals surface area (Å²) in [6.45, 7) is 11.3. The fraction of sp³-hybridized carbons (Fsp3) is 0.618. The smallest absolute Gasteiger partial charge is 0.229 e. The number of benzene rings is 2. The van der Waals surface area contributed by atoms with Gasteiger partial charge in [0.25, 0.3) is 0 Å². The molecule has 9 heteroatoms. The Morgan fingerprint density at radius 1 is 0.977 bits per heavy atom. The summed E-state index contributed by atoms with van der Waals surface area (Å²) in [5.74, 6) is 0.248. The summed E-state index contributed by atoms with van der Waals surface area (Å²) < 4.78 is 5.97. The number of carbonyl (C=O) groups excluding carboxylic acids is 1. The number of thioether (sulfide) groups is 1. The van der Waals surface area contributed by atoms with Gasteiger partial charge in [0.1, 0.15) is 29.9 Å². The van der Waals surface area contributed by atoms with Gasteiger partial charge >= 0.3 is 0 Å². The summed E-state index contributed by atoms with van der Waals surface area (Å²) in [7, 11) is 2.10. The first-order chi connectivity index (χ1) is 20.5. The Morgan fingerprint density at radius 3 is 2.33 bits per heavy atom. The van der Waals surface area contributed by atoms with Gasteiger partial charge in [-0.15, -0.1) is 11.8 Å². The number of aliphatic hydroxyl groups excluding tert-OH is 3. The van der Waals surface area contributed by atoms with Crippen LogP contribution in [0, 0.1) is 12.3 Å². The molecule has 238 valence electrons. The molecular formula is C34H51N3O5S. The lowest BCUT2D eigenvalue weighted by Gasteiger charge is -2.40. The maximum Gasteiger partial charge on any atom is 0.229 e. The van der Waals surface area contributed by atoms with Crippen LogP contribution >= 0.6 is 11.8 Å². The van der Waals surface area contributed by atoms with E-state index in [1.165, 1.54) is 22.9 Å². The number of carbonyl (C=O) groups is 1. The highest BCUT2D eigenvalue weighted by atomic mass is 32.2. The Kier molecular flexibility index (Phi) is 12.1. The highest BCUT2D eigenvalue weighted by Gasteiger charge is 2.44. The summed E-state index contributed by atoms with van der Waals surface area (Å²) in [5, 5.41) is 34.7. The van der Waals surface area contributed by atoms with Crippen LogP contribution in [0.4, 0.5) is 0 Å². The van der Waals surface area contributed by atoms with Crippen LogP contribution in [0.2, 0.25) is 0 Å². The average molecular weight is 614 g/mol. The maximum absolute atomic E-state index is 13.0. The predicted molar refractivity (Wildman–Crippen MR) is 173 cm³/mol. The molecule has 5 atom stereocenters. The Labute approximate surface area is 261 Å². The maximum atomic E-state index is 13.0. The predicted octanol–water partition coefficient (Wildman–Crippen LogP) is 3.14. The number of nitrogens with one attached hydrogen (secondary N) is 1. The van der Waals surface area contributed by atoms with Crippen molar-refractivity contribution in [3.05, 3.63) is 70.3 Å². The molecule has 43 heavy (non-hydrogen) atoms. The molecule has 2 fully saturated rings. The summed E-state index contributed by atoms with van der Waals surface area (Å²) in [4.78, 5) is 17.3. The first-order valence-electron chi connectivity index (χ1n) is 15.6. The number of aryl methyl sites for hydroxylation is 2. The second kappa shape index (κ2) is 15.3. The number of nitrogens with zero attached hydrogens (tertiary/aromatic N) is 2. The monoisotopic (exact) mass is 613 g/mol. The van der Waals surface area contributed by atoms with Gasteiger partial charge in [0, 0.05) is 32.7 Å². The van der Waals surface area contributed by atoms with E-state index in [0.29, 0.717) is 6.54 Å². The van der Waals surface area contributed by atoms with Crippen molar-refractivity contribution >= 4 is 17.7 Å². The summed E-state index contributed by atoms with van der Waals surface area (Å²) in [6, 6.07) is 14.8. The van der Waals surface area contributed by atoms with Crippen LogP contribution in [-0.4, -0.2) is 107 Å². The number of unbranched alkanes of at least 4 members (excludes halogenated alkanes) is 1. The Hall–Kier alpha value is -1.98. The van der Waals surface area contributed by atoms with Gasteiger partial charge in [-0.05, 0) is 94.1 Å². The SMILES string of the molecule is CS[C@H]1O[C@@H](c2ccc(C)c(Cc3ccc(CCCCNCC(C)(C)C(=O)N4CCN(C)CC4)cc3)c2)[C@H](O)[C@@H](O)[C@@H]1O. The summed E-state index contributed by atoms with van der Waals surface area (Å²) in [6.07, 6.45) is 1.46. The van der Waals surface area contributed by atoms with Crippen LogP contribution in [-0.2, 0) is 22.4 Å². The Balaban J connectivity index is 1.22. The molecule has 4 N–H and O–H groups in total. The van der Waals surface area contributed by atoms with E-state index < -0.39 is 35.3 Å². The highest BCUT2D eigenvalue weighted by Crippen LogP contribution is 2.36. The van der Waals surface area contributed by atoms with E-state index in [9.17, 15) is 20.1 Å². The second-order valence-corrected chi connectivity index (χ2v) is 13.9. The normalized spacial score (nSPS) is 25.2. The van der Waals surface area contributed by atoms with Crippen LogP contribution in [0.1, 0.15) is 60.6 Å². The van der Waals surface area contributed by atoms with E-state index in [-0.39, 0.29) is 5.91 Å². The van der Waals surface area contributed by atoms with Gasteiger partial charge < -0.3 is 35.2 Å². The van der Waals surface area contributed by atoms with Gasteiger partial charge in [0.05, 0.1) is 5.41 Å². The van der Waals surface area contributed by atoms with Gasteiger partial charge in [-0.3, -0.25) is 4.79 Å². The number of hydrogen-bond donors (Lipinski definition) is 4. The van der Waals surface area contributed by atoms with E-state index in [0.717, 1.165) is 75.1 Å². The van der Waals surface area contributed by atoms with Gasteiger partial charge in [0.15, 0.2) is 0 Å². The van der Waals surface area contributed by atoms with Crippen LogP contribution in [0.15, 0.2) is 42.5 Å². The van der Waals surface area contributed by atoms with Gasteiger partial charge in [-0.25, -0.2) is 0 Å². The van der Waals surface area contributed by atoms with Crippen LogP contribution in [0.3, 0.4) is 0 Å². The van der Waals surface area contributed by atoms with E-state index in [2.05, 4.69) is 48.5 Å². The van der Waals surface area contributed by atoms with Crippen LogP contribution in [0.5, 0.6) is 0 Å². The van der Waals surface area contributed by atoms with Crippen molar-refractivity contribution in [3.8, 4) is 0 Å². The minimum absolute atomic E-state index is 0.248. The topological polar surface area (TPSA) is 106 Å². The van der Waals surface area contributed by atoms with E-state index in [4.69, 9.17) is 4.74 Å². The van der Waals surface area contributed by atoms with Gasteiger partial charge in [-0.1, -0.05) is 42.5 Å². The molecule has 0 aliphatic carbocycles. The Morgan fingerprint density at radius 2 is 1.65 bits per heavy atom. The van der Waals surface area contributed by atoms with Crippen molar-refractivity contribution in [2.24, 2.45) is 5.41 Å². The lowest BCUT2D eigenvalue weighted by atomic mass is 9.91. The number of rotatable bonds is 12. The molecule has 0 aromatic heterocycles. The van der Waals surface area contributed by atoms with E-state index in [1.54, 1.807) is 0 Å². The molecule has 0 saturated carbocycles. The average Bonchev–Trinajstić information content (AvgIpc) is 3.00. The molecule has 2 aromatic carbocycles. The number of ether oxygens (including phenoxy) is 1. The molecule has 2 heterocycles. The molecule has 8 nitrogen and oxygen atoms in total. The fourth-order valence-electron chi connectivity index (χ4n) is 5.91. The third-order valence-corrected chi connectivity index (χ3v) is 9.78. The number of aliphatic hydroxyl groups is 3. The largest absolute Gasteiger partial charge is 0.387 e. The van der Waals surface area contributed by atoms with Crippen LogP contribution < -0.4 is 5.32 Å². The molecule has 2 aliphatic heterocycles. The number of likely N-dealkylation sites (N-methyl/N-ethyl adjacent to an activating group) is 1. The molecule has 1 amide bonds. The zero-order chi connectivity index (χ0) is 31.1. The zero-order valence-electron chi connectivity index (χ0n) is 26.5. The lowest BCUT2D eigenvalue weighted by Crippen LogP contribution is -2.53. The first kappa shape index (κ1) is 33.9. The molecule has 4 rings (SSSR count). The standard InChI is InChI=1S/C34H51N3O5S/c1-23-9-14-26(31-29(39)28(38)30(40)32(42-31)43-5)21-27(23)20-25-12-10-24(11-13-25)8-6-7-15-35-22-34(2,3)33(41)37-18-16-36(4)17-19-37/h9-14,21,28-32,35,38-40H,6-8,15-20,22H2,1-5H3/t28-,29-,30+,31+,32-/m1/s1. The van der Waals surface area contributed by atoms with Crippen molar-refractivity contribution in [1.29, 1.82) is 0 Å². The first-order valence-corrected chi connectivity index (χ1v) is 16.9. The second-order valence-electron chi connectivity index (χ2n) is 12.9. The number of hydrogen-bond acceptors (Lipinski definition) is 8. The zero-order valence-corrected chi connectivity index (χ0v) is 27.3. The highest BCUT2D eigenvalue weighted by molar-refractivity contribution is 7.99. The molecule has 2 saturated heterocycles. The summed E-state index contributed by atoms with van der Waals surface area (Å²) in [5.41, 5.74) is 4.63. The molecule has 0 spiro atoms. The van der Waals surface area contributed by atoms with Crippen molar-refractivity contribution in [2.45, 2.75) is 76.3 Å². The number of piperazine rings is 1. The molecule has 0 unspecified atom stereocenters. The quantitative estimate of drug-likeness (QED) is 0.271. The van der Waals surface area contributed by atoms with Gasteiger partial charge in [0.2, 0.25) is 5.91 Å². The number of amides is 1. The molecular weight excluding hydrogens is 562 g/mol.